The minimum atomic E-state index is -0.443. The van der Waals surface area contributed by atoms with Gasteiger partial charge in [-0.3, -0.25) is 10.1 Å². The van der Waals surface area contributed by atoms with Gasteiger partial charge in [0, 0.05) is 17.2 Å². The Morgan fingerprint density at radius 2 is 2.19 bits per heavy atom. The lowest BCUT2D eigenvalue weighted by molar-refractivity contribution is -0.385. The van der Waals surface area contributed by atoms with Gasteiger partial charge in [0.2, 0.25) is 5.89 Å². The Hall–Kier alpha value is -2.44. The quantitative estimate of drug-likeness (QED) is 0.607. The zero-order valence-corrected chi connectivity index (χ0v) is 8.38. The van der Waals surface area contributed by atoms with Crippen molar-refractivity contribution in [3.8, 4) is 11.5 Å². The minimum Gasteiger partial charge on any atom is -0.404 e. The number of nitrogens with two attached hydrogens (primary N) is 1. The number of nitro groups is 1. The summed E-state index contributed by atoms with van der Waals surface area (Å²) in [5.74, 6) is 0.246. The van der Waals surface area contributed by atoms with Crippen LogP contribution in [-0.4, -0.2) is 15.1 Å². The van der Waals surface area contributed by atoms with Crippen molar-refractivity contribution in [2.24, 2.45) is 0 Å². The number of nitro benzene ring substituents is 1. The molecule has 0 radical (unpaired) electrons. The summed E-state index contributed by atoms with van der Waals surface area (Å²) in [6.07, 6.45) is 0. The predicted molar refractivity (Wildman–Crippen MR) is 55.5 cm³/mol. The molecule has 0 aliphatic heterocycles. The first-order chi connectivity index (χ1) is 7.58. The maximum atomic E-state index is 10.6. The number of rotatable bonds is 2. The summed E-state index contributed by atoms with van der Waals surface area (Å²) in [6.45, 7) is 1.64. The van der Waals surface area contributed by atoms with Gasteiger partial charge in [0.25, 0.3) is 5.69 Å². The highest BCUT2D eigenvalue weighted by Gasteiger charge is 2.13. The Balaban J connectivity index is 2.45. The van der Waals surface area contributed by atoms with Gasteiger partial charge < -0.3 is 10.2 Å². The highest BCUT2D eigenvalue weighted by atomic mass is 16.6. The molecule has 1 aromatic carbocycles. The van der Waals surface area contributed by atoms with Gasteiger partial charge in [-0.1, -0.05) is 5.10 Å². The van der Waals surface area contributed by atoms with Crippen LogP contribution < -0.4 is 5.73 Å². The number of nitrogens with zero attached hydrogens (tertiary/aromatic N) is 3. The zero-order chi connectivity index (χ0) is 11.7. The first-order valence-electron chi connectivity index (χ1n) is 4.42. The summed E-state index contributed by atoms with van der Waals surface area (Å²) in [4.78, 5) is 10.2. The smallest absolute Gasteiger partial charge is 0.313 e. The lowest BCUT2D eigenvalue weighted by Crippen LogP contribution is -1.91. The van der Waals surface area contributed by atoms with Crippen LogP contribution in [0.25, 0.3) is 11.5 Å². The largest absolute Gasteiger partial charge is 0.404 e. The van der Waals surface area contributed by atoms with Crippen molar-refractivity contribution in [2.75, 3.05) is 5.73 Å². The van der Waals surface area contributed by atoms with E-state index in [1.54, 1.807) is 13.0 Å². The second kappa shape index (κ2) is 3.61. The molecule has 0 saturated heterocycles. The number of hydrogen-bond acceptors (Lipinski definition) is 6. The van der Waals surface area contributed by atoms with Crippen LogP contribution >= 0.6 is 0 Å². The van der Waals surface area contributed by atoms with E-state index in [9.17, 15) is 10.1 Å². The van der Waals surface area contributed by atoms with Gasteiger partial charge in [-0.2, -0.15) is 0 Å². The molecule has 0 amide bonds. The summed E-state index contributed by atoms with van der Waals surface area (Å²) in [5, 5.41) is 17.8. The summed E-state index contributed by atoms with van der Waals surface area (Å²) in [7, 11) is 0. The second-order valence-corrected chi connectivity index (χ2v) is 3.20. The monoisotopic (exact) mass is 220 g/mol. The van der Waals surface area contributed by atoms with Crippen molar-refractivity contribution < 1.29 is 9.34 Å². The normalized spacial score (nSPS) is 10.3. The Kier molecular flexibility index (Phi) is 2.28. The molecule has 16 heavy (non-hydrogen) atoms. The van der Waals surface area contributed by atoms with E-state index in [1.807, 2.05) is 0 Å². The molecule has 2 rings (SSSR count). The van der Waals surface area contributed by atoms with E-state index in [-0.39, 0.29) is 17.6 Å². The van der Waals surface area contributed by atoms with Crippen LogP contribution in [-0.2, 0) is 0 Å². The summed E-state index contributed by atoms with van der Waals surface area (Å²) in [5.41, 5.74) is 6.47. The average molecular weight is 220 g/mol. The van der Waals surface area contributed by atoms with Gasteiger partial charge in [0.05, 0.1) is 4.92 Å². The van der Waals surface area contributed by atoms with Gasteiger partial charge in [-0.15, -0.1) is 5.10 Å². The first-order valence-corrected chi connectivity index (χ1v) is 4.42. The number of hydrogen-bond donors (Lipinski definition) is 1. The SMILES string of the molecule is Cc1cc(-c2nnc(N)o2)ccc1[N+](=O)[O-]. The van der Waals surface area contributed by atoms with Crippen molar-refractivity contribution in [1.29, 1.82) is 0 Å². The molecule has 0 saturated carbocycles. The van der Waals surface area contributed by atoms with E-state index in [2.05, 4.69) is 10.2 Å². The molecule has 0 bridgehead atoms. The Morgan fingerprint density at radius 1 is 1.44 bits per heavy atom. The summed E-state index contributed by atoms with van der Waals surface area (Å²) >= 11 is 0. The van der Waals surface area contributed by atoms with E-state index >= 15 is 0 Å². The maximum absolute atomic E-state index is 10.6. The number of aryl methyl sites for hydroxylation is 1. The van der Waals surface area contributed by atoms with Crippen LogP contribution in [0.1, 0.15) is 5.56 Å². The first kappa shape index (κ1) is 10.1. The van der Waals surface area contributed by atoms with E-state index in [0.29, 0.717) is 11.1 Å². The molecule has 2 aromatic rings. The van der Waals surface area contributed by atoms with Crippen molar-refractivity contribution in [1.82, 2.24) is 10.2 Å². The van der Waals surface area contributed by atoms with Crippen LogP contribution in [0.2, 0.25) is 0 Å². The summed E-state index contributed by atoms with van der Waals surface area (Å²) in [6, 6.07) is 4.50. The van der Waals surface area contributed by atoms with Crippen LogP contribution in [0.4, 0.5) is 11.7 Å². The Bertz CT molecular complexity index is 549. The third-order valence-electron chi connectivity index (χ3n) is 2.08. The fourth-order valence-corrected chi connectivity index (χ4v) is 1.34. The maximum Gasteiger partial charge on any atom is 0.313 e. The fourth-order valence-electron chi connectivity index (χ4n) is 1.34. The number of anilines is 1. The van der Waals surface area contributed by atoms with Gasteiger partial charge in [0.1, 0.15) is 0 Å². The van der Waals surface area contributed by atoms with E-state index < -0.39 is 4.92 Å². The molecule has 0 unspecified atom stereocenters. The minimum absolute atomic E-state index is 0.0361. The van der Waals surface area contributed by atoms with Crippen molar-refractivity contribution in [3.05, 3.63) is 33.9 Å². The molecule has 7 heteroatoms. The zero-order valence-electron chi connectivity index (χ0n) is 8.38. The van der Waals surface area contributed by atoms with E-state index in [4.69, 9.17) is 10.2 Å². The molecule has 0 aliphatic rings. The third kappa shape index (κ3) is 1.70. The molecule has 0 atom stereocenters. The molecular weight excluding hydrogens is 212 g/mol. The molecule has 1 heterocycles. The highest BCUT2D eigenvalue weighted by Crippen LogP contribution is 2.25. The fraction of sp³-hybridized carbons (Fsp3) is 0.111. The average Bonchev–Trinajstić information content (AvgIpc) is 2.64. The molecule has 0 fully saturated rings. The standard InChI is InChI=1S/C9H8N4O3/c1-5-4-6(2-3-7(5)13(14)15)8-11-12-9(10)16-8/h2-4H,1H3,(H2,10,12). The highest BCUT2D eigenvalue weighted by molar-refractivity contribution is 5.58. The van der Waals surface area contributed by atoms with E-state index in [0.717, 1.165) is 0 Å². The number of aromatic nitrogens is 2. The predicted octanol–water partition coefficient (Wildman–Crippen LogP) is 1.54. The lowest BCUT2D eigenvalue weighted by Gasteiger charge is -1.98. The molecule has 1 aromatic heterocycles. The molecule has 0 spiro atoms. The van der Waals surface area contributed by atoms with Gasteiger partial charge in [-0.25, -0.2) is 0 Å². The van der Waals surface area contributed by atoms with Crippen LogP contribution in [0.15, 0.2) is 22.6 Å². The van der Waals surface area contributed by atoms with Gasteiger partial charge >= 0.3 is 6.01 Å². The van der Waals surface area contributed by atoms with Crippen LogP contribution in [0.3, 0.4) is 0 Å². The molecule has 7 nitrogen and oxygen atoms in total. The van der Waals surface area contributed by atoms with Crippen molar-refractivity contribution in [3.63, 3.8) is 0 Å². The molecular formula is C9H8N4O3. The lowest BCUT2D eigenvalue weighted by atomic mass is 10.1. The topological polar surface area (TPSA) is 108 Å². The van der Waals surface area contributed by atoms with Crippen LogP contribution in [0.5, 0.6) is 0 Å². The molecule has 82 valence electrons. The number of nitrogen functional groups attached to an aromatic ring is 1. The third-order valence-corrected chi connectivity index (χ3v) is 2.08. The van der Waals surface area contributed by atoms with E-state index in [1.165, 1.54) is 12.1 Å². The van der Waals surface area contributed by atoms with Gasteiger partial charge in [-0.05, 0) is 19.1 Å². The second-order valence-electron chi connectivity index (χ2n) is 3.20. The number of benzene rings is 1. The Morgan fingerprint density at radius 3 is 2.69 bits per heavy atom. The summed E-state index contributed by atoms with van der Waals surface area (Å²) < 4.78 is 5.01. The van der Waals surface area contributed by atoms with Crippen molar-refractivity contribution >= 4 is 11.7 Å². The van der Waals surface area contributed by atoms with Crippen molar-refractivity contribution in [2.45, 2.75) is 6.92 Å². The molecule has 0 aliphatic carbocycles. The molecule has 2 N–H and O–H groups in total. The Labute approximate surface area is 90.0 Å². The van der Waals surface area contributed by atoms with Gasteiger partial charge in [0.15, 0.2) is 0 Å². The van der Waals surface area contributed by atoms with Crippen LogP contribution in [0, 0.1) is 17.0 Å².